The second-order valence-corrected chi connectivity index (χ2v) is 13.9. The molecule has 4 heteroatoms. The van der Waals surface area contributed by atoms with Gasteiger partial charge in [-0.25, -0.2) is 0 Å². The minimum atomic E-state index is -0.932. The zero-order valence-electron chi connectivity index (χ0n) is 30.9. The van der Waals surface area contributed by atoms with E-state index in [-0.39, 0.29) is 0 Å². The van der Waals surface area contributed by atoms with Crippen molar-refractivity contribution in [3.63, 3.8) is 0 Å². The van der Waals surface area contributed by atoms with Gasteiger partial charge in [-0.05, 0) is 101 Å². The predicted molar refractivity (Wildman–Crippen MR) is 212 cm³/mol. The van der Waals surface area contributed by atoms with Gasteiger partial charge < -0.3 is 18.6 Å². The molecule has 2 aliphatic rings. The van der Waals surface area contributed by atoms with Crippen LogP contribution in [0.2, 0.25) is 0 Å². The summed E-state index contributed by atoms with van der Waals surface area (Å²) in [5, 5.41) is 3.74. The van der Waals surface area contributed by atoms with Gasteiger partial charge in [-0.1, -0.05) is 88.9 Å². The molecule has 2 aromatic heterocycles. The van der Waals surface area contributed by atoms with Crippen LogP contribution < -0.4 is 9.47 Å². The van der Waals surface area contributed by atoms with Crippen LogP contribution in [0, 0.1) is 6.92 Å². The van der Waals surface area contributed by atoms with Gasteiger partial charge in [0.1, 0.15) is 11.5 Å². The Bertz CT molecular complexity index is 2370. The fourth-order valence-electron chi connectivity index (χ4n) is 8.59. The van der Waals surface area contributed by atoms with E-state index in [1.807, 2.05) is 33.8 Å². The van der Waals surface area contributed by atoms with Crippen LogP contribution in [0.5, 0.6) is 11.5 Å². The number of hydrogen-bond donors (Lipinski definition) is 0. The molecule has 7 aromatic rings. The van der Waals surface area contributed by atoms with Gasteiger partial charge in [0, 0.05) is 44.4 Å². The third-order valence-electron chi connectivity index (χ3n) is 10.9. The first-order valence-corrected chi connectivity index (χ1v) is 18.1. The fourth-order valence-corrected chi connectivity index (χ4v) is 8.59. The van der Waals surface area contributed by atoms with Gasteiger partial charge in [0.25, 0.3) is 5.79 Å². The highest BCUT2D eigenvalue weighted by Crippen LogP contribution is 2.62. The van der Waals surface area contributed by atoms with Crippen molar-refractivity contribution < 1.29 is 9.47 Å². The van der Waals surface area contributed by atoms with Crippen molar-refractivity contribution in [3.05, 3.63) is 138 Å². The van der Waals surface area contributed by atoms with Crippen LogP contribution in [0.3, 0.4) is 0 Å². The monoisotopic (exact) mass is 660 g/mol. The van der Waals surface area contributed by atoms with E-state index in [1.165, 1.54) is 38.3 Å². The van der Waals surface area contributed by atoms with Crippen molar-refractivity contribution in [2.45, 2.75) is 78.9 Å². The summed E-state index contributed by atoms with van der Waals surface area (Å²) >= 11 is 0. The Balaban J connectivity index is 0.000000948. The summed E-state index contributed by atoms with van der Waals surface area (Å²) < 4.78 is 18.7. The van der Waals surface area contributed by atoms with Gasteiger partial charge in [0.05, 0.1) is 27.4 Å². The van der Waals surface area contributed by atoms with Gasteiger partial charge in [-0.15, -0.1) is 0 Å². The number of fused-ring (bicyclic) bond motifs is 6. The minimum Gasteiger partial charge on any atom is -0.450 e. The van der Waals surface area contributed by atoms with Crippen molar-refractivity contribution in [1.82, 2.24) is 9.13 Å². The standard InChI is InChI=1S/C42H36N2O2.2C2H6/c1-7-34-26(2)29-14-8-11-17-35(29)43(34)27-20-22-38-32(24-27)40(3,4)42(45-38)41(5,6)33-25-28(21-23-39(33)46-42)44-36-18-12-9-15-30(36)31-16-10-13-19-37(31)44;2*1-2/h7-25H,1H2,2-6H3;2*1-2H3. The molecule has 1 atom stereocenters. The molecule has 0 aliphatic carbocycles. The van der Waals surface area contributed by atoms with Crippen molar-refractivity contribution in [3.8, 4) is 22.9 Å². The number of benzene rings is 5. The molecule has 1 spiro atoms. The van der Waals surface area contributed by atoms with E-state index < -0.39 is 16.6 Å². The molecule has 0 radical (unpaired) electrons. The fraction of sp³-hybridized carbons (Fsp3) is 0.261. The van der Waals surface area contributed by atoms with Crippen LogP contribution in [0.25, 0.3) is 50.2 Å². The highest BCUT2D eigenvalue weighted by molar-refractivity contribution is 6.09. The van der Waals surface area contributed by atoms with E-state index in [4.69, 9.17) is 9.47 Å². The Morgan fingerprint density at radius 3 is 1.40 bits per heavy atom. The molecule has 2 aliphatic heterocycles. The molecular formula is C46H48N2O2. The second-order valence-electron chi connectivity index (χ2n) is 13.9. The molecule has 254 valence electrons. The third kappa shape index (κ3) is 4.30. The van der Waals surface area contributed by atoms with Crippen LogP contribution in [0.4, 0.5) is 0 Å². The van der Waals surface area contributed by atoms with Crippen LogP contribution in [0.1, 0.15) is 77.8 Å². The maximum absolute atomic E-state index is 7.03. The second kappa shape index (κ2) is 12.0. The average molecular weight is 661 g/mol. The highest BCUT2D eigenvalue weighted by atomic mass is 16.7. The number of para-hydroxylation sites is 3. The lowest BCUT2D eigenvalue weighted by Crippen LogP contribution is -2.61. The number of ether oxygens (including phenoxy) is 2. The number of aryl methyl sites for hydroxylation is 1. The Morgan fingerprint density at radius 1 is 0.540 bits per heavy atom. The SMILES string of the molecule is C=Cc1c(C)c2ccccc2n1-c1ccc2c(c1)C(C)(C)C1(O2)Oc2ccc(-n3c4ccccc4c4ccccc43)cc2C1(C)C.CC.CC. The molecule has 50 heavy (non-hydrogen) atoms. The molecule has 0 saturated carbocycles. The topological polar surface area (TPSA) is 28.3 Å². The van der Waals surface area contributed by atoms with E-state index >= 15 is 0 Å². The molecule has 4 nitrogen and oxygen atoms in total. The summed E-state index contributed by atoms with van der Waals surface area (Å²) in [6, 6.07) is 39.0. The minimum absolute atomic E-state index is 0.469. The van der Waals surface area contributed by atoms with E-state index in [0.717, 1.165) is 39.7 Å². The largest absolute Gasteiger partial charge is 0.450 e. The first-order chi connectivity index (χ1) is 24.2. The summed E-state index contributed by atoms with van der Waals surface area (Å²) in [4.78, 5) is 0. The smallest absolute Gasteiger partial charge is 0.269 e. The summed E-state index contributed by atoms with van der Waals surface area (Å²) in [5.74, 6) is 0.806. The Labute approximate surface area is 296 Å². The van der Waals surface area contributed by atoms with Crippen LogP contribution in [-0.4, -0.2) is 14.9 Å². The van der Waals surface area contributed by atoms with Gasteiger partial charge in [0.2, 0.25) is 0 Å². The summed E-state index contributed by atoms with van der Waals surface area (Å²) in [6.45, 7) is 23.4. The number of aromatic nitrogens is 2. The lowest BCUT2D eigenvalue weighted by atomic mass is 9.65. The molecule has 0 saturated heterocycles. The van der Waals surface area contributed by atoms with E-state index in [2.05, 4.69) is 160 Å². The number of nitrogens with zero attached hydrogens (tertiary/aromatic N) is 2. The average Bonchev–Trinajstić information content (AvgIpc) is 3.79. The van der Waals surface area contributed by atoms with Gasteiger partial charge in [-0.2, -0.15) is 0 Å². The molecular weight excluding hydrogens is 613 g/mol. The zero-order valence-corrected chi connectivity index (χ0v) is 30.9. The molecule has 0 N–H and O–H groups in total. The lowest BCUT2D eigenvalue weighted by molar-refractivity contribution is -0.169. The first kappa shape index (κ1) is 33.3. The first-order valence-electron chi connectivity index (χ1n) is 18.1. The summed E-state index contributed by atoms with van der Waals surface area (Å²) in [6.07, 6.45) is 1.96. The van der Waals surface area contributed by atoms with Gasteiger partial charge in [0.15, 0.2) is 0 Å². The van der Waals surface area contributed by atoms with Crippen molar-refractivity contribution in [2.24, 2.45) is 0 Å². The van der Waals surface area contributed by atoms with E-state index in [0.29, 0.717) is 0 Å². The molecule has 5 aromatic carbocycles. The Hall–Kier alpha value is -5.22. The van der Waals surface area contributed by atoms with Crippen LogP contribution in [-0.2, 0) is 10.8 Å². The van der Waals surface area contributed by atoms with Crippen molar-refractivity contribution in [2.75, 3.05) is 0 Å². The maximum Gasteiger partial charge on any atom is 0.269 e. The Kier molecular flexibility index (Phi) is 7.98. The molecule has 0 fully saturated rings. The van der Waals surface area contributed by atoms with Crippen LogP contribution >= 0.6 is 0 Å². The third-order valence-corrected chi connectivity index (χ3v) is 10.9. The Morgan fingerprint density at radius 2 is 0.940 bits per heavy atom. The summed E-state index contributed by atoms with van der Waals surface area (Å²) in [7, 11) is 0. The van der Waals surface area contributed by atoms with Crippen molar-refractivity contribution in [1.29, 1.82) is 0 Å². The van der Waals surface area contributed by atoms with Gasteiger partial charge in [-0.3, -0.25) is 0 Å². The number of hydrogen-bond acceptors (Lipinski definition) is 2. The normalized spacial score (nSPS) is 17.7. The lowest BCUT2D eigenvalue weighted by Gasteiger charge is -2.44. The molecule has 0 amide bonds. The molecule has 4 heterocycles. The zero-order chi connectivity index (χ0) is 35.6. The molecule has 0 bridgehead atoms. The van der Waals surface area contributed by atoms with Crippen molar-refractivity contribution >= 4 is 38.8 Å². The highest BCUT2D eigenvalue weighted by Gasteiger charge is 2.69. The summed E-state index contributed by atoms with van der Waals surface area (Å²) in [5.41, 5.74) is 9.45. The number of rotatable bonds is 3. The predicted octanol–water partition coefficient (Wildman–Crippen LogP) is 12.5. The molecule has 9 rings (SSSR count). The molecule has 1 unspecified atom stereocenters. The van der Waals surface area contributed by atoms with E-state index in [1.54, 1.807) is 0 Å². The van der Waals surface area contributed by atoms with Crippen LogP contribution in [0.15, 0.2) is 116 Å². The quantitative estimate of drug-likeness (QED) is 0.189. The van der Waals surface area contributed by atoms with Gasteiger partial charge >= 0.3 is 0 Å². The maximum atomic E-state index is 7.03. The van der Waals surface area contributed by atoms with E-state index in [9.17, 15) is 0 Å².